The van der Waals surface area contributed by atoms with Gasteiger partial charge in [-0.3, -0.25) is 4.68 Å². The molecule has 4 nitrogen and oxygen atoms in total. The minimum Gasteiger partial charge on any atom is -0.452 e. The Balaban J connectivity index is 2.18. The second-order valence-electron chi connectivity index (χ2n) is 3.56. The molecule has 0 atom stereocenters. The van der Waals surface area contributed by atoms with Gasteiger partial charge in [0.2, 0.25) is 0 Å². The van der Waals surface area contributed by atoms with E-state index in [2.05, 4.69) is 5.10 Å². The first kappa shape index (κ1) is 12.0. The first-order chi connectivity index (χ1) is 8.22. The molecule has 2 aromatic rings. The lowest BCUT2D eigenvalue weighted by molar-refractivity contribution is 0.281. The molecule has 5 heteroatoms. The highest BCUT2D eigenvalue weighted by molar-refractivity contribution is 6.32. The molecule has 0 fully saturated rings. The fraction of sp³-hybridized carbons (Fsp3) is 0.250. The zero-order chi connectivity index (χ0) is 12.3. The maximum Gasteiger partial charge on any atom is 0.165 e. The standard InChI is InChI=1S/C12H13ClN2O2/c1-2-15-7-10(6-14-15)17-12-4-3-9(8-16)5-11(12)13/h3-7,16H,2,8H2,1H3. The number of aliphatic hydroxyl groups is 1. The first-order valence-electron chi connectivity index (χ1n) is 5.32. The van der Waals surface area contributed by atoms with Crippen LogP contribution in [0.3, 0.4) is 0 Å². The van der Waals surface area contributed by atoms with E-state index in [-0.39, 0.29) is 6.61 Å². The molecule has 90 valence electrons. The number of nitrogens with zero attached hydrogens (tertiary/aromatic N) is 2. The van der Waals surface area contributed by atoms with Crippen LogP contribution in [0.5, 0.6) is 11.5 Å². The predicted molar refractivity (Wildman–Crippen MR) is 65.3 cm³/mol. The molecule has 0 aliphatic heterocycles. The predicted octanol–water partition coefficient (Wildman–Crippen LogP) is 2.84. The third-order valence-corrected chi connectivity index (χ3v) is 2.64. The van der Waals surface area contributed by atoms with E-state index in [1.165, 1.54) is 0 Å². The molecule has 0 radical (unpaired) electrons. The van der Waals surface area contributed by atoms with Gasteiger partial charge in [0, 0.05) is 6.54 Å². The Kier molecular flexibility index (Phi) is 3.66. The molecule has 0 saturated carbocycles. The Morgan fingerprint density at radius 1 is 1.47 bits per heavy atom. The molecule has 1 N–H and O–H groups in total. The van der Waals surface area contributed by atoms with Crippen molar-refractivity contribution in [2.45, 2.75) is 20.1 Å². The highest BCUT2D eigenvalue weighted by atomic mass is 35.5. The average molecular weight is 253 g/mol. The molecule has 2 rings (SSSR count). The number of ether oxygens (including phenoxy) is 1. The van der Waals surface area contributed by atoms with E-state index < -0.39 is 0 Å². The molecule has 1 heterocycles. The topological polar surface area (TPSA) is 47.3 Å². The molecule has 0 unspecified atom stereocenters. The molecule has 1 aromatic heterocycles. The average Bonchev–Trinajstić information content (AvgIpc) is 2.79. The molecule has 0 aliphatic carbocycles. The molecule has 0 saturated heterocycles. The molecule has 17 heavy (non-hydrogen) atoms. The van der Waals surface area contributed by atoms with Crippen molar-refractivity contribution >= 4 is 11.6 Å². The van der Waals surface area contributed by atoms with Gasteiger partial charge < -0.3 is 9.84 Å². The molecule has 0 bridgehead atoms. The quantitative estimate of drug-likeness (QED) is 0.910. The Bertz CT molecular complexity index is 511. The lowest BCUT2D eigenvalue weighted by atomic mass is 10.2. The number of rotatable bonds is 4. The van der Waals surface area contributed by atoms with Gasteiger partial charge in [-0.25, -0.2) is 0 Å². The summed E-state index contributed by atoms with van der Waals surface area (Å²) in [5.41, 5.74) is 0.756. The highest BCUT2D eigenvalue weighted by Gasteiger charge is 2.05. The zero-order valence-electron chi connectivity index (χ0n) is 9.43. The fourth-order valence-electron chi connectivity index (χ4n) is 1.42. The summed E-state index contributed by atoms with van der Waals surface area (Å²) in [7, 11) is 0. The van der Waals surface area contributed by atoms with Crippen molar-refractivity contribution in [1.29, 1.82) is 0 Å². The Labute approximate surface area is 104 Å². The van der Waals surface area contributed by atoms with Crippen LogP contribution < -0.4 is 4.74 Å². The summed E-state index contributed by atoms with van der Waals surface area (Å²) >= 11 is 6.04. The van der Waals surface area contributed by atoms with Gasteiger partial charge in [0.1, 0.15) is 5.75 Å². The first-order valence-corrected chi connectivity index (χ1v) is 5.70. The van der Waals surface area contributed by atoms with Gasteiger partial charge in [0.25, 0.3) is 0 Å². The van der Waals surface area contributed by atoms with Crippen molar-refractivity contribution in [2.75, 3.05) is 0 Å². The van der Waals surface area contributed by atoms with Gasteiger partial charge in [-0.1, -0.05) is 17.7 Å². The number of aliphatic hydroxyl groups excluding tert-OH is 1. The summed E-state index contributed by atoms with van der Waals surface area (Å²) in [6.07, 6.45) is 3.44. The van der Waals surface area contributed by atoms with Crippen LogP contribution >= 0.6 is 11.6 Å². The van der Waals surface area contributed by atoms with Gasteiger partial charge in [-0.2, -0.15) is 5.10 Å². The monoisotopic (exact) mass is 252 g/mol. The van der Waals surface area contributed by atoms with E-state index >= 15 is 0 Å². The summed E-state index contributed by atoms with van der Waals surface area (Å²) in [6.45, 7) is 2.76. The van der Waals surface area contributed by atoms with Crippen LogP contribution in [-0.4, -0.2) is 14.9 Å². The number of halogens is 1. The van der Waals surface area contributed by atoms with E-state index in [1.807, 2.05) is 6.92 Å². The molecular formula is C12H13ClN2O2. The van der Waals surface area contributed by atoms with Crippen molar-refractivity contribution in [1.82, 2.24) is 9.78 Å². The van der Waals surface area contributed by atoms with Crippen molar-refractivity contribution in [3.8, 4) is 11.5 Å². The minimum absolute atomic E-state index is 0.0340. The Hall–Kier alpha value is -1.52. The van der Waals surface area contributed by atoms with E-state index in [9.17, 15) is 0 Å². The van der Waals surface area contributed by atoms with Gasteiger partial charge in [0.05, 0.1) is 24.0 Å². The van der Waals surface area contributed by atoms with Crippen molar-refractivity contribution in [3.05, 3.63) is 41.2 Å². The fourth-order valence-corrected chi connectivity index (χ4v) is 1.66. The van der Waals surface area contributed by atoms with Gasteiger partial charge in [-0.15, -0.1) is 0 Å². The maximum absolute atomic E-state index is 8.97. The van der Waals surface area contributed by atoms with Crippen molar-refractivity contribution in [2.24, 2.45) is 0 Å². The number of hydrogen-bond donors (Lipinski definition) is 1. The Morgan fingerprint density at radius 2 is 2.29 bits per heavy atom. The molecular weight excluding hydrogens is 240 g/mol. The molecule has 0 spiro atoms. The number of hydrogen-bond acceptors (Lipinski definition) is 3. The number of aromatic nitrogens is 2. The van der Waals surface area contributed by atoms with E-state index in [0.717, 1.165) is 12.1 Å². The minimum atomic E-state index is -0.0340. The highest BCUT2D eigenvalue weighted by Crippen LogP contribution is 2.29. The van der Waals surface area contributed by atoms with Crippen molar-refractivity contribution < 1.29 is 9.84 Å². The zero-order valence-corrected chi connectivity index (χ0v) is 10.2. The van der Waals surface area contributed by atoms with E-state index in [0.29, 0.717) is 16.5 Å². The van der Waals surface area contributed by atoms with Gasteiger partial charge in [0.15, 0.2) is 5.75 Å². The van der Waals surface area contributed by atoms with Crippen LogP contribution in [0.4, 0.5) is 0 Å². The van der Waals surface area contributed by atoms with Crippen LogP contribution in [0.25, 0.3) is 0 Å². The van der Waals surface area contributed by atoms with Crippen LogP contribution in [0.15, 0.2) is 30.6 Å². The lowest BCUT2D eigenvalue weighted by Crippen LogP contribution is -1.92. The van der Waals surface area contributed by atoms with E-state index in [4.69, 9.17) is 21.4 Å². The van der Waals surface area contributed by atoms with Gasteiger partial charge >= 0.3 is 0 Å². The smallest absolute Gasteiger partial charge is 0.165 e. The van der Waals surface area contributed by atoms with E-state index in [1.54, 1.807) is 35.3 Å². The summed E-state index contributed by atoms with van der Waals surface area (Å²) in [5.74, 6) is 1.20. The number of benzene rings is 1. The molecule has 1 aromatic carbocycles. The second kappa shape index (κ2) is 5.21. The SMILES string of the molecule is CCn1cc(Oc2ccc(CO)cc2Cl)cn1. The maximum atomic E-state index is 8.97. The third kappa shape index (κ3) is 2.78. The molecule has 0 aliphatic rings. The Morgan fingerprint density at radius 3 is 2.88 bits per heavy atom. The van der Waals surface area contributed by atoms with Crippen LogP contribution in [0, 0.1) is 0 Å². The second-order valence-corrected chi connectivity index (χ2v) is 3.96. The normalized spacial score (nSPS) is 10.5. The lowest BCUT2D eigenvalue weighted by Gasteiger charge is -2.06. The summed E-state index contributed by atoms with van der Waals surface area (Å²) in [4.78, 5) is 0. The summed E-state index contributed by atoms with van der Waals surface area (Å²) in [6, 6.07) is 5.18. The molecule has 0 amide bonds. The number of aryl methyl sites for hydroxylation is 1. The third-order valence-electron chi connectivity index (χ3n) is 2.34. The van der Waals surface area contributed by atoms with Gasteiger partial charge in [-0.05, 0) is 24.6 Å². The summed E-state index contributed by atoms with van der Waals surface area (Å²) in [5, 5.41) is 13.5. The van der Waals surface area contributed by atoms with Crippen LogP contribution in [0.1, 0.15) is 12.5 Å². The van der Waals surface area contributed by atoms with Crippen molar-refractivity contribution in [3.63, 3.8) is 0 Å². The van der Waals surface area contributed by atoms with Crippen LogP contribution in [-0.2, 0) is 13.2 Å². The summed E-state index contributed by atoms with van der Waals surface area (Å²) < 4.78 is 7.36. The van der Waals surface area contributed by atoms with Crippen LogP contribution in [0.2, 0.25) is 5.02 Å². The largest absolute Gasteiger partial charge is 0.452 e.